The molecule has 3 aromatic rings. The first-order valence-electron chi connectivity index (χ1n) is 12.0. The van der Waals surface area contributed by atoms with Crippen molar-refractivity contribution in [3.05, 3.63) is 83.9 Å². The van der Waals surface area contributed by atoms with Crippen LogP contribution >= 0.6 is 0 Å². The van der Waals surface area contributed by atoms with Crippen LogP contribution in [0.15, 0.2) is 67.3 Å². The van der Waals surface area contributed by atoms with E-state index in [1.165, 1.54) is 0 Å². The van der Waals surface area contributed by atoms with Crippen molar-refractivity contribution >= 4 is 17.5 Å². The molecule has 9 heteroatoms. The van der Waals surface area contributed by atoms with Gasteiger partial charge in [0.25, 0.3) is 0 Å². The lowest BCUT2D eigenvalue weighted by Gasteiger charge is -2.37. The number of amides is 2. The van der Waals surface area contributed by atoms with Gasteiger partial charge in [-0.1, -0.05) is 6.07 Å². The number of hydrogen-bond acceptors (Lipinski definition) is 7. The van der Waals surface area contributed by atoms with Gasteiger partial charge in [-0.25, -0.2) is 0 Å². The Balaban J connectivity index is 1.24. The highest BCUT2D eigenvalue weighted by atomic mass is 16.6. The van der Waals surface area contributed by atoms with Gasteiger partial charge in [-0.3, -0.25) is 19.6 Å². The van der Waals surface area contributed by atoms with Crippen LogP contribution in [0.2, 0.25) is 0 Å². The van der Waals surface area contributed by atoms with Gasteiger partial charge in [0.05, 0.1) is 25.6 Å². The molecular weight excluding hydrogens is 460 g/mol. The highest BCUT2D eigenvalue weighted by Gasteiger charge is 2.46. The van der Waals surface area contributed by atoms with Crippen LogP contribution < -0.4 is 15.4 Å². The molecule has 2 aliphatic heterocycles. The van der Waals surface area contributed by atoms with Crippen LogP contribution in [0.4, 0.5) is 5.69 Å². The minimum absolute atomic E-state index is 0.0564. The Morgan fingerprint density at radius 3 is 2.67 bits per heavy atom. The van der Waals surface area contributed by atoms with Crippen LogP contribution in [-0.2, 0) is 27.3 Å². The van der Waals surface area contributed by atoms with Crippen molar-refractivity contribution in [2.24, 2.45) is 0 Å². The fraction of sp³-hybridized carbons (Fsp3) is 0.333. The number of ether oxygens (including phenoxy) is 2. The summed E-state index contributed by atoms with van der Waals surface area (Å²) < 4.78 is 12.2. The molecule has 9 nitrogen and oxygen atoms in total. The number of fused-ring (bicyclic) bond motifs is 3. The molecule has 36 heavy (non-hydrogen) atoms. The number of aromatic nitrogens is 2. The molecule has 0 radical (unpaired) electrons. The lowest BCUT2D eigenvalue weighted by atomic mass is 9.84. The van der Waals surface area contributed by atoms with Gasteiger partial charge in [0.1, 0.15) is 18.0 Å². The molecule has 0 spiro atoms. The lowest BCUT2D eigenvalue weighted by Crippen LogP contribution is -2.47. The second-order valence-electron chi connectivity index (χ2n) is 9.08. The maximum Gasteiger partial charge on any atom is 0.228 e. The van der Waals surface area contributed by atoms with E-state index in [0.29, 0.717) is 24.4 Å². The number of pyridine rings is 2. The van der Waals surface area contributed by atoms with Crippen LogP contribution in [0.5, 0.6) is 5.75 Å². The van der Waals surface area contributed by atoms with E-state index in [4.69, 9.17) is 9.47 Å². The van der Waals surface area contributed by atoms with E-state index in [9.17, 15) is 14.7 Å². The first-order valence-corrected chi connectivity index (χ1v) is 12.0. The molecule has 0 saturated carbocycles. The van der Waals surface area contributed by atoms with Gasteiger partial charge in [-0.15, -0.1) is 0 Å². The fourth-order valence-corrected chi connectivity index (χ4v) is 4.84. The van der Waals surface area contributed by atoms with E-state index in [-0.39, 0.29) is 49.4 Å². The van der Waals surface area contributed by atoms with Gasteiger partial charge in [0.15, 0.2) is 0 Å². The Kier molecular flexibility index (Phi) is 7.20. The number of carbonyl (C=O) groups excluding carboxylic acids is 2. The second kappa shape index (κ2) is 10.8. The fourth-order valence-electron chi connectivity index (χ4n) is 4.84. The average molecular weight is 489 g/mol. The number of hydrogen-bond donors (Lipinski definition) is 3. The number of aliphatic hydroxyl groups excluding tert-OH is 1. The van der Waals surface area contributed by atoms with Crippen LogP contribution in [0.1, 0.15) is 35.4 Å². The van der Waals surface area contributed by atoms with Crippen molar-refractivity contribution in [1.29, 1.82) is 0 Å². The van der Waals surface area contributed by atoms with Crippen molar-refractivity contribution in [3.63, 3.8) is 0 Å². The smallest absolute Gasteiger partial charge is 0.228 e. The van der Waals surface area contributed by atoms with E-state index in [1.807, 2.05) is 36.4 Å². The summed E-state index contributed by atoms with van der Waals surface area (Å²) in [6.07, 6.45) is 6.47. The normalized spacial score (nSPS) is 22.1. The molecule has 0 unspecified atom stereocenters. The molecule has 186 valence electrons. The van der Waals surface area contributed by atoms with Crippen molar-refractivity contribution < 1.29 is 24.2 Å². The molecule has 0 bridgehead atoms. The minimum Gasteiger partial charge on any atom is -0.487 e. The molecule has 2 aromatic heterocycles. The number of nitrogens with one attached hydrogen (secondary N) is 2. The summed E-state index contributed by atoms with van der Waals surface area (Å²) in [5.74, 6) is 0.398. The number of carbonyl (C=O) groups is 2. The Morgan fingerprint density at radius 1 is 1.03 bits per heavy atom. The number of rotatable bonds is 8. The molecule has 3 N–H and O–H groups in total. The molecule has 2 amide bonds. The van der Waals surface area contributed by atoms with E-state index >= 15 is 0 Å². The van der Waals surface area contributed by atoms with Crippen molar-refractivity contribution in [2.75, 3.05) is 11.9 Å². The largest absolute Gasteiger partial charge is 0.487 e. The summed E-state index contributed by atoms with van der Waals surface area (Å²) in [5, 5.41) is 15.8. The molecule has 4 atom stereocenters. The minimum atomic E-state index is -0.544. The van der Waals surface area contributed by atoms with E-state index in [1.54, 1.807) is 30.9 Å². The summed E-state index contributed by atoms with van der Waals surface area (Å²) >= 11 is 0. The summed E-state index contributed by atoms with van der Waals surface area (Å²) in [6.45, 7) is 0.182. The highest BCUT2D eigenvalue weighted by molar-refractivity contribution is 5.92. The number of anilines is 1. The molecule has 4 heterocycles. The monoisotopic (exact) mass is 488 g/mol. The van der Waals surface area contributed by atoms with Gasteiger partial charge >= 0.3 is 0 Å². The van der Waals surface area contributed by atoms with Gasteiger partial charge in [-0.2, -0.15) is 0 Å². The molecule has 2 aliphatic rings. The first-order chi connectivity index (χ1) is 17.6. The quantitative estimate of drug-likeness (QED) is 0.445. The van der Waals surface area contributed by atoms with Crippen LogP contribution in [-0.4, -0.2) is 51.8 Å². The van der Waals surface area contributed by atoms with Gasteiger partial charge in [0, 0.05) is 48.5 Å². The van der Waals surface area contributed by atoms with Crippen LogP contribution in [0.3, 0.4) is 0 Å². The van der Waals surface area contributed by atoms with Gasteiger partial charge in [0.2, 0.25) is 11.8 Å². The van der Waals surface area contributed by atoms with E-state index in [0.717, 1.165) is 16.7 Å². The zero-order valence-electron chi connectivity index (χ0n) is 19.7. The third kappa shape index (κ3) is 5.53. The van der Waals surface area contributed by atoms with Crippen LogP contribution in [0.25, 0.3) is 0 Å². The lowest BCUT2D eigenvalue weighted by molar-refractivity contribution is -0.142. The third-order valence-electron chi connectivity index (χ3n) is 6.52. The van der Waals surface area contributed by atoms with Gasteiger partial charge in [-0.05, 0) is 53.9 Å². The van der Waals surface area contributed by atoms with Crippen molar-refractivity contribution in [1.82, 2.24) is 15.3 Å². The Hall–Kier alpha value is -3.82. The highest BCUT2D eigenvalue weighted by Crippen LogP contribution is 2.47. The van der Waals surface area contributed by atoms with Crippen LogP contribution in [0, 0.1) is 0 Å². The Bertz CT molecular complexity index is 1210. The molecule has 5 rings (SSSR count). The molecule has 0 aliphatic carbocycles. The van der Waals surface area contributed by atoms with E-state index < -0.39 is 6.10 Å². The zero-order valence-corrected chi connectivity index (χ0v) is 19.7. The Morgan fingerprint density at radius 2 is 1.89 bits per heavy atom. The van der Waals surface area contributed by atoms with E-state index in [2.05, 4.69) is 20.6 Å². The third-order valence-corrected chi connectivity index (χ3v) is 6.52. The summed E-state index contributed by atoms with van der Waals surface area (Å²) in [6, 6.07) is 12.9. The number of benzene rings is 1. The summed E-state index contributed by atoms with van der Waals surface area (Å²) in [4.78, 5) is 33.2. The SMILES string of the molecule is O=C(C[C@H]1C[C@H]2c3cc(NC(=O)Cc4ccncc4)ccc3O[C@H]2[C@@H](CO)O1)NCc1cccnc1. The molecule has 1 saturated heterocycles. The number of aliphatic hydroxyl groups is 1. The first kappa shape index (κ1) is 23.9. The zero-order chi connectivity index (χ0) is 24.9. The summed E-state index contributed by atoms with van der Waals surface area (Å²) in [5.41, 5.74) is 3.42. The van der Waals surface area contributed by atoms with Crippen molar-refractivity contribution in [3.8, 4) is 5.75 Å². The summed E-state index contributed by atoms with van der Waals surface area (Å²) in [7, 11) is 0. The van der Waals surface area contributed by atoms with Crippen molar-refractivity contribution in [2.45, 2.75) is 50.0 Å². The second-order valence-corrected chi connectivity index (χ2v) is 9.08. The Labute approximate surface area is 208 Å². The number of nitrogens with zero attached hydrogens (tertiary/aromatic N) is 2. The standard InChI is InChI=1S/C27H28N4O5/c32-16-24-27-22(12-20(35-24)13-25(33)30-15-18-2-1-7-29-14-18)21-11-19(3-4-23(21)36-27)31-26(34)10-17-5-8-28-9-6-17/h1-9,11,14,20,22,24,27,32H,10,12-13,15-16H2,(H,30,33)(H,31,34)/t20-,22+,24-,27-/m1/s1. The molecule has 1 fully saturated rings. The van der Waals surface area contributed by atoms with Gasteiger partial charge < -0.3 is 25.2 Å². The predicted octanol–water partition coefficient (Wildman–Crippen LogP) is 2.36. The average Bonchev–Trinajstić information content (AvgIpc) is 3.26. The topological polar surface area (TPSA) is 123 Å². The maximum atomic E-state index is 12.6. The predicted molar refractivity (Wildman–Crippen MR) is 131 cm³/mol. The molecular formula is C27H28N4O5. The molecule has 1 aromatic carbocycles. The maximum absolute atomic E-state index is 12.6.